The van der Waals surface area contributed by atoms with Crippen LogP contribution in [0.5, 0.6) is 5.75 Å². The van der Waals surface area contributed by atoms with E-state index in [0.717, 1.165) is 25.7 Å². The van der Waals surface area contributed by atoms with Gasteiger partial charge in [-0.15, -0.1) is 11.3 Å². The Hall–Kier alpha value is -1.91. The molecule has 0 amide bonds. The van der Waals surface area contributed by atoms with Gasteiger partial charge in [-0.2, -0.15) is 0 Å². The molecular weight excluding hydrogens is 520 g/mol. The fraction of sp³-hybridized carbons (Fsp3) is 0.348. The van der Waals surface area contributed by atoms with Crippen molar-refractivity contribution in [3.05, 3.63) is 68.7 Å². The molecule has 34 heavy (non-hydrogen) atoms. The second-order valence-corrected chi connectivity index (χ2v) is 11.8. The van der Waals surface area contributed by atoms with Crippen LogP contribution in [-0.4, -0.2) is 36.5 Å². The summed E-state index contributed by atoms with van der Waals surface area (Å²) in [6.45, 7) is 0.522. The molecule has 1 N–H and O–H groups in total. The van der Waals surface area contributed by atoms with Gasteiger partial charge in [-0.1, -0.05) is 23.2 Å². The number of nitrogens with zero attached hydrogens (tertiary/aromatic N) is 2. The molecule has 2 fully saturated rings. The summed E-state index contributed by atoms with van der Waals surface area (Å²) in [4.78, 5) is 6.33. The number of hydrogen-bond acceptors (Lipinski definition) is 6. The summed E-state index contributed by atoms with van der Waals surface area (Å²) in [6, 6.07) is 9.67. The van der Waals surface area contributed by atoms with Gasteiger partial charge in [0.2, 0.25) is 0 Å². The molecule has 0 unspecified atom stereocenters. The summed E-state index contributed by atoms with van der Waals surface area (Å²) in [7, 11) is -3.80. The Kier molecular flexibility index (Phi) is 6.74. The number of rotatable bonds is 7. The van der Waals surface area contributed by atoms with Gasteiger partial charge in [0.1, 0.15) is 17.7 Å². The first-order valence-corrected chi connectivity index (χ1v) is 14.0. The summed E-state index contributed by atoms with van der Waals surface area (Å²) in [6.07, 6.45) is 3.59. The third-order valence-electron chi connectivity index (χ3n) is 6.38. The maximum absolute atomic E-state index is 14.3. The van der Waals surface area contributed by atoms with Crippen molar-refractivity contribution in [2.75, 3.05) is 4.72 Å². The van der Waals surface area contributed by atoms with Crippen LogP contribution in [0.2, 0.25) is 10.0 Å². The Labute approximate surface area is 211 Å². The summed E-state index contributed by atoms with van der Waals surface area (Å²) in [5.41, 5.74) is 2.15. The zero-order valence-electron chi connectivity index (χ0n) is 18.0. The third kappa shape index (κ3) is 5.04. The summed E-state index contributed by atoms with van der Waals surface area (Å²) < 4.78 is 48.1. The third-order valence-corrected chi connectivity index (χ3v) is 8.85. The van der Waals surface area contributed by atoms with E-state index in [1.165, 1.54) is 29.5 Å². The van der Waals surface area contributed by atoms with Crippen molar-refractivity contribution in [3.63, 3.8) is 0 Å². The molecule has 3 aromatic rings. The van der Waals surface area contributed by atoms with Crippen LogP contribution in [-0.2, 0) is 16.6 Å². The van der Waals surface area contributed by atoms with Crippen LogP contribution in [0.3, 0.4) is 0 Å². The molecule has 2 bridgehead atoms. The van der Waals surface area contributed by atoms with Gasteiger partial charge in [0.05, 0.1) is 15.4 Å². The molecule has 2 saturated heterocycles. The number of anilines is 1. The van der Waals surface area contributed by atoms with Crippen molar-refractivity contribution in [2.24, 2.45) is 0 Å². The quantitative estimate of drug-likeness (QED) is 0.399. The lowest BCUT2D eigenvalue weighted by Gasteiger charge is -2.39. The van der Waals surface area contributed by atoms with E-state index in [-0.39, 0.29) is 39.7 Å². The smallest absolute Gasteiger partial charge is 0.263 e. The highest BCUT2D eigenvalue weighted by atomic mass is 35.5. The molecule has 2 aromatic carbocycles. The molecule has 0 aliphatic carbocycles. The second-order valence-electron chi connectivity index (χ2n) is 8.58. The molecule has 180 valence electrons. The molecule has 0 spiro atoms. The average molecular weight is 542 g/mol. The predicted octanol–water partition coefficient (Wildman–Crippen LogP) is 5.96. The number of benzene rings is 2. The zero-order valence-corrected chi connectivity index (χ0v) is 21.1. The Morgan fingerprint density at radius 3 is 2.59 bits per heavy atom. The number of thiazole rings is 1. The number of halogens is 3. The number of ether oxygens (including phenoxy) is 1. The molecule has 2 aliphatic heterocycles. The van der Waals surface area contributed by atoms with Crippen molar-refractivity contribution in [2.45, 2.75) is 55.3 Å². The van der Waals surface area contributed by atoms with Crippen LogP contribution in [0.15, 0.2) is 52.2 Å². The Bertz CT molecular complexity index is 1280. The van der Waals surface area contributed by atoms with Gasteiger partial charge in [0.25, 0.3) is 10.0 Å². The highest BCUT2D eigenvalue weighted by molar-refractivity contribution is 7.92. The van der Waals surface area contributed by atoms with Crippen LogP contribution < -0.4 is 9.46 Å². The van der Waals surface area contributed by atoms with E-state index in [4.69, 9.17) is 27.9 Å². The lowest BCUT2D eigenvalue weighted by molar-refractivity contribution is 0.0439. The number of nitrogens with one attached hydrogen (secondary N) is 1. The fourth-order valence-corrected chi connectivity index (χ4v) is 6.89. The van der Waals surface area contributed by atoms with E-state index >= 15 is 0 Å². The molecule has 0 saturated carbocycles. The van der Waals surface area contributed by atoms with Gasteiger partial charge in [0.15, 0.2) is 5.82 Å². The minimum atomic E-state index is -3.80. The van der Waals surface area contributed by atoms with Crippen LogP contribution in [0.1, 0.15) is 31.2 Å². The van der Waals surface area contributed by atoms with Gasteiger partial charge in [-0.25, -0.2) is 17.8 Å². The number of sulfonamides is 1. The van der Waals surface area contributed by atoms with E-state index in [1.807, 2.05) is 0 Å². The molecule has 5 rings (SSSR count). The standard InChI is InChI=1S/C23H22Cl2FN3O3S2/c24-15-1-5-21(26)14(7-15)11-29-16-2-3-17(29)9-18(8-16)32-22-6-4-19(10-20(22)25)34(30,31)28-23-12-33-13-27-23/h1,4-7,10,12-13,16-18,28H,2-3,8-9,11H2/t16-,17-/m0/s1. The van der Waals surface area contributed by atoms with Crippen molar-refractivity contribution >= 4 is 50.4 Å². The predicted molar refractivity (Wildman–Crippen MR) is 132 cm³/mol. The van der Waals surface area contributed by atoms with E-state index in [2.05, 4.69) is 14.6 Å². The first kappa shape index (κ1) is 23.8. The van der Waals surface area contributed by atoms with Gasteiger partial charge in [0, 0.05) is 34.6 Å². The molecule has 0 radical (unpaired) electrons. The molecule has 11 heteroatoms. The van der Waals surface area contributed by atoms with E-state index in [9.17, 15) is 12.8 Å². The topological polar surface area (TPSA) is 71.5 Å². The van der Waals surface area contributed by atoms with Crippen molar-refractivity contribution in [3.8, 4) is 5.75 Å². The Balaban J connectivity index is 1.25. The number of piperidine rings is 1. The van der Waals surface area contributed by atoms with E-state index in [0.29, 0.717) is 22.9 Å². The molecule has 2 aliphatic rings. The van der Waals surface area contributed by atoms with Crippen LogP contribution >= 0.6 is 34.5 Å². The van der Waals surface area contributed by atoms with Crippen molar-refractivity contribution < 1.29 is 17.5 Å². The highest BCUT2D eigenvalue weighted by Crippen LogP contribution is 2.40. The maximum Gasteiger partial charge on any atom is 0.263 e. The molecule has 1 aromatic heterocycles. The minimum absolute atomic E-state index is 0.0382. The molecule has 6 nitrogen and oxygen atoms in total. The molecule has 2 atom stereocenters. The summed E-state index contributed by atoms with van der Waals surface area (Å²) in [5.74, 6) is 0.475. The minimum Gasteiger partial charge on any atom is -0.489 e. The normalized spacial score (nSPS) is 22.6. The number of aromatic nitrogens is 1. The highest BCUT2D eigenvalue weighted by Gasteiger charge is 2.41. The first-order valence-electron chi connectivity index (χ1n) is 10.9. The van der Waals surface area contributed by atoms with E-state index in [1.54, 1.807) is 29.1 Å². The fourth-order valence-electron chi connectivity index (χ4n) is 4.82. The van der Waals surface area contributed by atoms with Gasteiger partial charge < -0.3 is 4.74 Å². The number of hydrogen-bond donors (Lipinski definition) is 1. The Morgan fingerprint density at radius 2 is 1.91 bits per heavy atom. The lowest BCUT2D eigenvalue weighted by Crippen LogP contribution is -2.45. The zero-order chi connectivity index (χ0) is 23.9. The number of fused-ring (bicyclic) bond motifs is 2. The first-order chi connectivity index (χ1) is 16.3. The second kappa shape index (κ2) is 9.62. The van der Waals surface area contributed by atoms with E-state index < -0.39 is 10.0 Å². The molecule has 3 heterocycles. The van der Waals surface area contributed by atoms with Crippen LogP contribution in [0.25, 0.3) is 0 Å². The monoisotopic (exact) mass is 541 g/mol. The van der Waals surface area contributed by atoms with Gasteiger partial charge in [-0.05, 0) is 62.1 Å². The van der Waals surface area contributed by atoms with Crippen molar-refractivity contribution in [1.82, 2.24) is 9.88 Å². The maximum atomic E-state index is 14.3. The Morgan fingerprint density at radius 1 is 1.15 bits per heavy atom. The SMILES string of the molecule is O=S(=O)(Nc1cscn1)c1ccc(OC2C[C@@H]3CC[C@@H](C2)N3Cc2cc(Cl)ccc2F)c(Cl)c1. The average Bonchev–Trinajstić information content (AvgIpc) is 3.37. The van der Waals surface area contributed by atoms with Crippen LogP contribution in [0, 0.1) is 5.82 Å². The van der Waals surface area contributed by atoms with Gasteiger partial charge >= 0.3 is 0 Å². The summed E-state index contributed by atoms with van der Waals surface area (Å²) in [5, 5.41) is 2.37. The van der Waals surface area contributed by atoms with Crippen LogP contribution in [0.4, 0.5) is 10.2 Å². The largest absolute Gasteiger partial charge is 0.489 e. The molecular formula is C23H22Cl2FN3O3S2. The summed E-state index contributed by atoms with van der Waals surface area (Å²) >= 11 is 13.8. The lowest BCUT2D eigenvalue weighted by atomic mass is 9.98. The van der Waals surface area contributed by atoms with Crippen molar-refractivity contribution in [1.29, 1.82) is 0 Å². The van der Waals surface area contributed by atoms with Gasteiger partial charge in [-0.3, -0.25) is 9.62 Å².